The van der Waals surface area contributed by atoms with Crippen molar-refractivity contribution in [1.29, 1.82) is 0 Å². The maximum absolute atomic E-state index is 12.5. The number of hydrogen-bond donors (Lipinski definition) is 3. The standard InChI is InChI=1S/C18H19N5O2S/c1-25-12-4-2-3-11(7-12)18-21-9-13(26-18)8-20-17(24)16-14-5-6-19-10-15(14)22-23-16/h2-4,7,9,19H,5-6,8,10H2,1H3,(H,20,24)(H,22,23). The van der Waals surface area contributed by atoms with E-state index < -0.39 is 0 Å². The van der Waals surface area contributed by atoms with Crippen LogP contribution in [0, 0.1) is 0 Å². The molecule has 0 atom stereocenters. The molecule has 7 nitrogen and oxygen atoms in total. The van der Waals surface area contributed by atoms with E-state index in [1.165, 1.54) is 0 Å². The highest BCUT2D eigenvalue weighted by Gasteiger charge is 2.21. The number of rotatable bonds is 5. The van der Waals surface area contributed by atoms with E-state index in [4.69, 9.17) is 4.74 Å². The molecular formula is C18H19N5O2S. The molecule has 3 N–H and O–H groups in total. The lowest BCUT2D eigenvalue weighted by Crippen LogP contribution is -2.27. The molecule has 1 aliphatic rings. The van der Waals surface area contributed by atoms with Crippen molar-refractivity contribution in [3.8, 4) is 16.3 Å². The maximum atomic E-state index is 12.5. The highest BCUT2D eigenvalue weighted by molar-refractivity contribution is 7.15. The molecule has 0 radical (unpaired) electrons. The van der Waals surface area contributed by atoms with Gasteiger partial charge in [-0.15, -0.1) is 11.3 Å². The number of fused-ring (bicyclic) bond motifs is 1. The van der Waals surface area contributed by atoms with Crippen LogP contribution in [0.15, 0.2) is 30.5 Å². The van der Waals surface area contributed by atoms with Crippen LogP contribution in [0.4, 0.5) is 0 Å². The van der Waals surface area contributed by atoms with E-state index >= 15 is 0 Å². The first kappa shape index (κ1) is 16.7. The molecule has 0 aliphatic carbocycles. The van der Waals surface area contributed by atoms with Gasteiger partial charge < -0.3 is 15.4 Å². The van der Waals surface area contributed by atoms with Gasteiger partial charge in [0.25, 0.3) is 5.91 Å². The van der Waals surface area contributed by atoms with Gasteiger partial charge in [-0.1, -0.05) is 12.1 Å². The lowest BCUT2D eigenvalue weighted by atomic mass is 10.1. The first-order valence-corrected chi connectivity index (χ1v) is 9.20. The SMILES string of the molecule is COc1cccc(-c2ncc(CNC(=O)c3n[nH]c4c3CCNC4)s2)c1. The van der Waals surface area contributed by atoms with Crippen molar-refractivity contribution in [3.05, 3.63) is 52.3 Å². The number of carbonyl (C=O) groups excluding carboxylic acids is 1. The second-order valence-corrected chi connectivity index (χ2v) is 7.12. The van der Waals surface area contributed by atoms with E-state index in [0.29, 0.717) is 12.2 Å². The molecule has 0 bridgehead atoms. The predicted molar refractivity (Wildman–Crippen MR) is 99.3 cm³/mol. The van der Waals surface area contributed by atoms with Gasteiger partial charge in [0, 0.05) is 28.7 Å². The fourth-order valence-electron chi connectivity index (χ4n) is 2.96. The van der Waals surface area contributed by atoms with Crippen LogP contribution in [0.1, 0.15) is 26.6 Å². The summed E-state index contributed by atoms with van der Waals surface area (Å²) < 4.78 is 5.25. The molecule has 134 valence electrons. The van der Waals surface area contributed by atoms with Crippen LogP contribution < -0.4 is 15.4 Å². The monoisotopic (exact) mass is 369 g/mol. The van der Waals surface area contributed by atoms with Crippen molar-refractivity contribution in [2.24, 2.45) is 0 Å². The summed E-state index contributed by atoms with van der Waals surface area (Å²) >= 11 is 1.55. The lowest BCUT2D eigenvalue weighted by Gasteiger charge is -2.12. The third-order valence-corrected chi connectivity index (χ3v) is 5.36. The number of nitrogens with one attached hydrogen (secondary N) is 3. The predicted octanol–water partition coefficient (Wildman–Crippen LogP) is 2.12. The van der Waals surface area contributed by atoms with Crippen molar-refractivity contribution < 1.29 is 9.53 Å². The molecule has 2 aromatic heterocycles. The van der Waals surface area contributed by atoms with E-state index in [1.54, 1.807) is 24.6 Å². The van der Waals surface area contributed by atoms with Crippen LogP contribution in [-0.4, -0.2) is 34.7 Å². The third-order valence-electron chi connectivity index (χ3n) is 4.31. The third kappa shape index (κ3) is 3.33. The molecule has 0 fully saturated rings. The summed E-state index contributed by atoms with van der Waals surface area (Å²) in [4.78, 5) is 17.9. The van der Waals surface area contributed by atoms with Crippen LogP contribution in [0.3, 0.4) is 0 Å². The van der Waals surface area contributed by atoms with Crippen molar-refractivity contribution in [2.75, 3.05) is 13.7 Å². The van der Waals surface area contributed by atoms with Crippen molar-refractivity contribution in [3.63, 3.8) is 0 Å². The summed E-state index contributed by atoms with van der Waals surface area (Å²) in [5.41, 5.74) is 3.52. The van der Waals surface area contributed by atoms with Crippen molar-refractivity contribution in [1.82, 2.24) is 25.8 Å². The van der Waals surface area contributed by atoms with Gasteiger partial charge in [0.2, 0.25) is 0 Å². The molecule has 3 heterocycles. The Hall–Kier alpha value is -2.71. The average molecular weight is 369 g/mol. The van der Waals surface area contributed by atoms with Gasteiger partial charge in [-0.05, 0) is 25.1 Å². The number of hydrogen-bond acceptors (Lipinski definition) is 6. The zero-order valence-electron chi connectivity index (χ0n) is 14.3. The molecule has 4 rings (SSSR count). The number of aromatic nitrogens is 3. The molecule has 1 aromatic carbocycles. The zero-order chi connectivity index (χ0) is 17.9. The highest BCUT2D eigenvalue weighted by Crippen LogP contribution is 2.28. The first-order valence-electron chi connectivity index (χ1n) is 8.39. The number of amides is 1. The fourth-order valence-corrected chi connectivity index (χ4v) is 3.81. The summed E-state index contributed by atoms with van der Waals surface area (Å²) in [5, 5.41) is 14.2. The fraction of sp³-hybridized carbons (Fsp3) is 0.278. The Morgan fingerprint density at radius 1 is 1.42 bits per heavy atom. The Kier molecular flexibility index (Phi) is 4.68. The molecule has 26 heavy (non-hydrogen) atoms. The summed E-state index contributed by atoms with van der Waals surface area (Å²) in [7, 11) is 1.64. The summed E-state index contributed by atoms with van der Waals surface area (Å²) in [6.45, 7) is 2.03. The van der Waals surface area contributed by atoms with E-state index in [2.05, 4.69) is 25.8 Å². The smallest absolute Gasteiger partial charge is 0.272 e. The van der Waals surface area contributed by atoms with Gasteiger partial charge in [-0.3, -0.25) is 9.89 Å². The Bertz CT molecular complexity index is 933. The Morgan fingerprint density at radius 3 is 3.23 bits per heavy atom. The molecule has 3 aromatic rings. The molecule has 0 saturated carbocycles. The first-order chi connectivity index (χ1) is 12.7. The Labute approximate surface area is 154 Å². The van der Waals surface area contributed by atoms with E-state index in [1.807, 2.05) is 24.3 Å². The number of methoxy groups -OCH3 is 1. The van der Waals surface area contributed by atoms with E-state index in [-0.39, 0.29) is 5.91 Å². The van der Waals surface area contributed by atoms with Gasteiger partial charge in [0.15, 0.2) is 5.69 Å². The molecule has 0 saturated heterocycles. The number of nitrogens with zero attached hydrogens (tertiary/aromatic N) is 2. The minimum atomic E-state index is -0.152. The molecule has 0 spiro atoms. The average Bonchev–Trinajstić information content (AvgIpc) is 3.33. The van der Waals surface area contributed by atoms with E-state index in [0.717, 1.165) is 52.0 Å². The normalized spacial score (nSPS) is 13.3. The number of carbonyl (C=O) groups is 1. The van der Waals surface area contributed by atoms with Crippen LogP contribution in [0.2, 0.25) is 0 Å². The van der Waals surface area contributed by atoms with Gasteiger partial charge in [0.05, 0.1) is 19.3 Å². The highest BCUT2D eigenvalue weighted by atomic mass is 32.1. The van der Waals surface area contributed by atoms with Crippen molar-refractivity contribution >= 4 is 17.2 Å². The van der Waals surface area contributed by atoms with Crippen molar-refractivity contribution in [2.45, 2.75) is 19.5 Å². The number of aromatic amines is 1. The van der Waals surface area contributed by atoms with Gasteiger partial charge >= 0.3 is 0 Å². The molecule has 1 aliphatic heterocycles. The maximum Gasteiger partial charge on any atom is 0.272 e. The minimum absolute atomic E-state index is 0.152. The minimum Gasteiger partial charge on any atom is -0.497 e. The molecule has 0 unspecified atom stereocenters. The summed E-state index contributed by atoms with van der Waals surface area (Å²) in [5.74, 6) is 0.645. The van der Waals surface area contributed by atoms with Gasteiger partial charge in [0.1, 0.15) is 10.8 Å². The molecule has 1 amide bonds. The lowest BCUT2D eigenvalue weighted by molar-refractivity contribution is 0.0945. The van der Waals surface area contributed by atoms with Gasteiger partial charge in [-0.25, -0.2) is 4.98 Å². The summed E-state index contributed by atoms with van der Waals surface area (Å²) in [6, 6.07) is 7.78. The number of H-pyrrole nitrogens is 1. The number of thiazole rings is 1. The Balaban J connectivity index is 1.43. The number of ether oxygens (including phenoxy) is 1. The second-order valence-electron chi connectivity index (χ2n) is 6.00. The quantitative estimate of drug-likeness (QED) is 0.641. The topological polar surface area (TPSA) is 91.9 Å². The molecular weight excluding hydrogens is 350 g/mol. The van der Waals surface area contributed by atoms with Crippen LogP contribution in [0.25, 0.3) is 10.6 Å². The Morgan fingerprint density at radius 2 is 2.35 bits per heavy atom. The van der Waals surface area contributed by atoms with Gasteiger partial charge in [-0.2, -0.15) is 5.10 Å². The summed E-state index contributed by atoms with van der Waals surface area (Å²) in [6.07, 6.45) is 2.61. The van der Waals surface area contributed by atoms with Crippen LogP contribution in [-0.2, 0) is 19.5 Å². The molecule has 8 heteroatoms. The van der Waals surface area contributed by atoms with Crippen LogP contribution in [0.5, 0.6) is 5.75 Å². The number of benzene rings is 1. The second kappa shape index (κ2) is 7.27. The largest absolute Gasteiger partial charge is 0.497 e. The van der Waals surface area contributed by atoms with Crippen LogP contribution >= 0.6 is 11.3 Å². The van der Waals surface area contributed by atoms with E-state index in [9.17, 15) is 4.79 Å². The zero-order valence-corrected chi connectivity index (χ0v) is 15.2.